The van der Waals surface area contributed by atoms with E-state index in [1.807, 2.05) is 28.8 Å². The van der Waals surface area contributed by atoms with Crippen LogP contribution < -0.4 is 4.74 Å². The van der Waals surface area contributed by atoms with Gasteiger partial charge in [0.1, 0.15) is 10.4 Å². The molecule has 0 N–H and O–H groups in total. The second-order valence-corrected chi connectivity index (χ2v) is 6.69. The lowest BCUT2D eigenvalue weighted by Crippen LogP contribution is -2.09. The van der Waals surface area contributed by atoms with Gasteiger partial charge in [-0.2, -0.15) is 9.61 Å². The quantitative estimate of drug-likeness (QED) is 0.664. The van der Waals surface area contributed by atoms with Crippen molar-refractivity contribution in [2.45, 2.75) is 25.7 Å². The average molecular weight is 329 g/mol. The van der Waals surface area contributed by atoms with E-state index in [9.17, 15) is 0 Å². The summed E-state index contributed by atoms with van der Waals surface area (Å²) in [4.78, 5) is 5.66. The molecule has 0 bridgehead atoms. The number of benzene rings is 1. The number of hydrogen-bond acceptors (Lipinski definition) is 5. The van der Waals surface area contributed by atoms with Crippen molar-refractivity contribution in [3.05, 3.63) is 40.2 Å². The molecule has 0 atom stereocenters. The van der Waals surface area contributed by atoms with Gasteiger partial charge < -0.3 is 4.74 Å². The Morgan fingerprint density at radius 1 is 1.23 bits per heavy atom. The lowest BCUT2D eigenvalue weighted by Gasteiger charge is -2.13. The van der Waals surface area contributed by atoms with Gasteiger partial charge >= 0.3 is 0 Å². The van der Waals surface area contributed by atoms with Crippen LogP contribution in [0.1, 0.15) is 24.1 Å². The molecule has 3 aromatic rings. The molecule has 2 aromatic heterocycles. The van der Waals surface area contributed by atoms with Crippen molar-refractivity contribution < 1.29 is 4.74 Å². The van der Waals surface area contributed by atoms with E-state index in [0.29, 0.717) is 0 Å². The number of methoxy groups -OCH3 is 1. The first-order valence-corrected chi connectivity index (χ1v) is 8.55. The smallest absolute Gasteiger partial charge is 0.213 e. The van der Waals surface area contributed by atoms with Crippen LogP contribution in [-0.2, 0) is 12.8 Å². The maximum absolute atomic E-state index is 5.64. The highest BCUT2D eigenvalue weighted by molar-refractivity contribution is 7.71. The van der Waals surface area contributed by atoms with Crippen LogP contribution in [0.25, 0.3) is 15.5 Å². The number of rotatable bonds is 2. The summed E-state index contributed by atoms with van der Waals surface area (Å²) in [6, 6.07) is 7.90. The first-order valence-electron chi connectivity index (χ1n) is 7.33. The van der Waals surface area contributed by atoms with Gasteiger partial charge in [-0.05, 0) is 37.8 Å². The molecule has 1 aliphatic carbocycles. The van der Waals surface area contributed by atoms with Gasteiger partial charge in [-0.1, -0.05) is 35.7 Å². The third-order valence-corrected chi connectivity index (χ3v) is 5.38. The minimum absolute atomic E-state index is 0.817. The number of fused-ring (bicyclic) bond motifs is 2. The van der Waals surface area contributed by atoms with Gasteiger partial charge in [0, 0.05) is 11.3 Å². The molecular formula is C16H15N3OS2. The standard InChI is InChI=1S/C16H15N3OS2/c1-20-13-9-5-3-7-11(13)14-18-19-15(21)10-6-2-4-8-12(10)17-16(19)22-14/h3,5,7,9H,2,4,6,8H2,1H3. The summed E-state index contributed by atoms with van der Waals surface area (Å²) in [5.74, 6) is 0.817. The van der Waals surface area contributed by atoms with Crippen molar-refractivity contribution in [1.82, 2.24) is 14.6 Å². The number of aromatic nitrogens is 3. The van der Waals surface area contributed by atoms with Gasteiger partial charge in [-0.25, -0.2) is 4.98 Å². The Morgan fingerprint density at radius 2 is 2.05 bits per heavy atom. The molecular weight excluding hydrogens is 314 g/mol. The van der Waals surface area contributed by atoms with E-state index in [4.69, 9.17) is 21.9 Å². The van der Waals surface area contributed by atoms with Crippen LogP contribution in [0, 0.1) is 4.64 Å². The van der Waals surface area contributed by atoms with Crippen LogP contribution in [0.2, 0.25) is 0 Å². The van der Waals surface area contributed by atoms with Gasteiger partial charge in [-0.3, -0.25) is 0 Å². The zero-order valence-electron chi connectivity index (χ0n) is 12.2. The fourth-order valence-electron chi connectivity index (χ4n) is 2.90. The first kappa shape index (κ1) is 13.8. The Hall–Kier alpha value is -1.79. The van der Waals surface area contributed by atoms with Crippen molar-refractivity contribution in [1.29, 1.82) is 0 Å². The normalized spacial score (nSPS) is 14.0. The van der Waals surface area contributed by atoms with E-state index in [2.05, 4.69) is 5.10 Å². The summed E-state index contributed by atoms with van der Waals surface area (Å²) in [6.45, 7) is 0. The molecule has 0 radical (unpaired) electrons. The summed E-state index contributed by atoms with van der Waals surface area (Å²) in [6.07, 6.45) is 4.43. The molecule has 22 heavy (non-hydrogen) atoms. The monoisotopic (exact) mass is 329 g/mol. The SMILES string of the molecule is COc1ccccc1-c1nn2c(=S)c3c(nc2s1)CCCC3. The number of nitrogens with zero attached hydrogens (tertiary/aromatic N) is 3. The molecule has 0 saturated heterocycles. The van der Waals surface area contributed by atoms with Gasteiger partial charge in [0.25, 0.3) is 0 Å². The second kappa shape index (κ2) is 5.44. The average Bonchev–Trinajstić information content (AvgIpc) is 2.99. The van der Waals surface area contributed by atoms with E-state index in [1.165, 1.54) is 18.4 Å². The van der Waals surface area contributed by atoms with Crippen molar-refractivity contribution in [3.8, 4) is 16.3 Å². The van der Waals surface area contributed by atoms with Crippen molar-refractivity contribution >= 4 is 28.5 Å². The predicted octanol–water partition coefficient (Wildman–Crippen LogP) is 4.07. The highest BCUT2D eigenvalue weighted by Gasteiger charge is 2.18. The van der Waals surface area contributed by atoms with Gasteiger partial charge in [0.05, 0.1) is 12.7 Å². The summed E-state index contributed by atoms with van der Waals surface area (Å²) < 4.78 is 8.06. The first-order chi connectivity index (χ1) is 10.8. The van der Waals surface area contributed by atoms with Crippen molar-refractivity contribution in [2.24, 2.45) is 0 Å². The van der Waals surface area contributed by atoms with E-state index in [1.54, 1.807) is 18.4 Å². The predicted molar refractivity (Wildman–Crippen MR) is 90.3 cm³/mol. The second-order valence-electron chi connectivity index (χ2n) is 5.35. The molecule has 0 unspecified atom stereocenters. The molecule has 0 saturated carbocycles. The number of aryl methyl sites for hydroxylation is 1. The molecule has 4 nitrogen and oxygen atoms in total. The Bertz CT molecular complexity index is 913. The third kappa shape index (κ3) is 2.14. The molecule has 6 heteroatoms. The molecule has 0 amide bonds. The molecule has 4 rings (SSSR count). The summed E-state index contributed by atoms with van der Waals surface area (Å²) in [5, 5.41) is 5.58. The lowest BCUT2D eigenvalue weighted by molar-refractivity contribution is 0.416. The van der Waals surface area contributed by atoms with Gasteiger partial charge in [0.2, 0.25) is 4.96 Å². The van der Waals surface area contributed by atoms with Crippen LogP contribution in [0.3, 0.4) is 0 Å². The highest BCUT2D eigenvalue weighted by atomic mass is 32.1. The minimum atomic E-state index is 0.817. The highest BCUT2D eigenvalue weighted by Crippen LogP contribution is 2.33. The van der Waals surface area contributed by atoms with Crippen molar-refractivity contribution in [2.75, 3.05) is 7.11 Å². The van der Waals surface area contributed by atoms with Gasteiger partial charge in [0.15, 0.2) is 5.01 Å². The number of para-hydroxylation sites is 1. The zero-order valence-corrected chi connectivity index (χ0v) is 13.8. The Balaban J connectivity index is 1.95. The van der Waals surface area contributed by atoms with Crippen LogP contribution >= 0.6 is 23.6 Å². The number of hydrogen-bond donors (Lipinski definition) is 0. The molecule has 1 aromatic carbocycles. The molecule has 1 aliphatic rings. The minimum Gasteiger partial charge on any atom is -0.496 e. The molecule has 0 fully saturated rings. The molecule has 0 spiro atoms. The summed E-state index contributed by atoms with van der Waals surface area (Å²) >= 11 is 7.20. The summed E-state index contributed by atoms with van der Waals surface area (Å²) in [5.41, 5.74) is 3.34. The van der Waals surface area contributed by atoms with E-state index >= 15 is 0 Å². The largest absolute Gasteiger partial charge is 0.496 e. The van der Waals surface area contributed by atoms with Crippen molar-refractivity contribution in [3.63, 3.8) is 0 Å². The fourth-order valence-corrected chi connectivity index (χ4v) is 4.26. The zero-order chi connectivity index (χ0) is 15.1. The van der Waals surface area contributed by atoms with Crippen LogP contribution in [0.15, 0.2) is 24.3 Å². The summed E-state index contributed by atoms with van der Waals surface area (Å²) in [7, 11) is 1.68. The van der Waals surface area contributed by atoms with E-state index < -0.39 is 0 Å². The maximum atomic E-state index is 5.64. The Morgan fingerprint density at radius 3 is 2.91 bits per heavy atom. The Kier molecular flexibility index (Phi) is 3.43. The third-order valence-electron chi connectivity index (χ3n) is 4.02. The molecule has 0 aliphatic heterocycles. The molecule has 112 valence electrons. The van der Waals surface area contributed by atoms with Crippen LogP contribution in [0.5, 0.6) is 5.75 Å². The molecule has 2 heterocycles. The lowest BCUT2D eigenvalue weighted by atomic mass is 9.98. The van der Waals surface area contributed by atoms with E-state index in [0.717, 1.165) is 44.5 Å². The topological polar surface area (TPSA) is 39.4 Å². The van der Waals surface area contributed by atoms with Crippen LogP contribution in [0.4, 0.5) is 0 Å². The van der Waals surface area contributed by atoms with E-state index in [-0.39, 0.29) is 0 Å². The Labute approximate surface area is 137 Å². The maximum Gasteiger partial charge on any atom is 0.213 e. The van der Waals surface area contributed by atoms with Gasteiger partial charge in [-0.15, -0.1) is 0 Å². The number of ether oxygens (including phenoxy) is 1. The fraction of sp³-hybridized carbons (Fsp3) is 0.312. The van der Waals surface area contributed by atoms with Crippen LogP contribution in [-0.4, -0.2) is 21.7 Å².